The number of fused-ring (bicyclic) bond motifs is 3. The molecule has 0 spiro atoms. The Morgan fingerprint density at radius 3 is 2.77 bits per heavy atom. The third-order valence-electron chi connectivity index (χ3n) is 5.55. The molecule has 152 valence electrons. The molecule has 30 heavy (non-hydrogen) atoms. The second kappa shape index (κ2) is 8.10. The molecule has 0 bridgehead atoms. The summed E-state index contributed by atoms with van der Waals surface area (Å²) in [5.41, 5.74) is 7.55. The number of aromatic nitrogens is 4. The van der Waals surface area contributed by atoms with Crippen LogP contribution in [0.2, 0.25) is 0 Å². The first kappa shape index (κ1) is 18.5. The lowest BCUT2D eigenvalue weighted by molar-refractivity contribution is 0.210. The quantitative estimate of drug-likeness (QED) is 0.357. The Labute approximate surface area is 174 Å². The molecular formula is C23H24N6O. The molecule has 0 unspecified atom stereocenters. The molecule has 2 aromatic heterocycles. The Morgan fingerprint density at radius 1 is 1.13 bits per heavy atom. The Morgan fingerprint density at radius 2 is 1.97 bits per heavy atom. The molecule has 7 nitrogen and oxygen atoms in total. The zero-order valence-corrected chi connectivity index (χ0v) is 16.9. The molecule has 0 radical (unpaired) electrons. The van der Waals surface area contributed by atoms with Crippen LogP contribution in [-0.4, -0.2) is 32.5 Å². The number of nitrogens with zero attached hydrogens (tertiary/aromatic N) is 4. The highest BCUT2D eigenvalue weighted by molar-refractivity contribution is 6.03. The number of aryl methyl sites for hydroxylation is 1. The minimum absolute atomic E-state index is 0.349. The maximum absolute atomic E-state index is 5.99. The van der Waals surface area contributed by atoms with E-state index in [4.69, 9.17) is 4.74 Å². The van der Waals surface area contributed by atoms with Crippen molar-refractivity contribution in [1.29, 1.82) is 0 Å². The smallest absolute Gasteiger partial charge is 0.265 e. The van der Waals surface area contributed by atoms with Crippen molar-refractivity contribution in [2.24, 2.45) is 5.10 Å². The van der Waals surface area contributed by atoms with Gasteiger partial charge < -0.3 is 9.72 Å². The van der Waals surface area contributed by atoms with E-state index in [2.05, 4.69) is 55.8 Å². The summed E-state index contributed by atoms with van der Waals surface area (Å²) in [6.45, 7) is 2.14. The number of hydrogen-bond acceptors (Lipinski definition) is 6. The van der Waals surface area contributed by atoms with Crippen molar-refractivity contribution in [1.82, 2.24) is 20.2 Å². The summed E-state index contributed by atoms with van der Waals surface area (Å²) in [4.78, 5) is 7.79. The van der Waals surface area contributed by atoms with Crippen molar-refractivity contribution in [2.75, 3.05) is 5.43 Å². The normalized spacial score (nSPS) is 14.8. The predicted octanol–water partition coefficient (Wildman–Crippen LogP) is 4.84. The summed E-state index contributed by atoms with van der Waals surface area (Å²) in [6, 6.07) is 14.2. The van der Waals surface area contributed by atoms with Gasteiger partial charge in [-0.15, -0.1) is 10.2 Å². The molecule has 7 heteroatoms. The van der Waals surface area contributed by atoms with Crippen LogP contribution in [0.1, 0.15) is 43.7 Å². The number of hydrogen-bond donors (Lipinski definition) is 2. The first-order chi connectivity index (χ1) is 14.8. The van der Waals surface area contributed by atoms with Gasteiger partial charge in [-0.25, -0.2) is 5.43 Å². The summed E-state index contributed by atoms with van der Waals surface area (Å²) >= 11 is 0. The number of H-pyrrole nitrogens is 1. The number of benzene rings is 2. The van der Waals surface area contributed by atoms with E-state index in [0.717, 1.165) is 47.0 Å². The topological polar surface area (TPSA) is 88.1 Å². The Hall–Kier alpha value is -3.48. The van der Waals surface area contributed by atoms with Gasteiger partial charge in [0.15, 0.2) is 5.65 Å². The largest absolute Gasteiger partial charge is 0.490 e. The molecule has 0 saturated heterocycles. The first-order valence-electron chi connectivity index (χ1n) is 10.5. The Bertz CT molecular complexity index is 1190. The van der Waals surface area contributed by atoms with Crippen LogP contribution in [0.5, 0.6) is 5.75 Å². The Kier molecular flexibility index (Phi) is 5.01. The highest BCUT2D eigenvalue weighted by Gasteiger charge is 2.16. The fourth-order valence-corrected chi connectivity index (χ4v) is 3.88. The van der Waals surface area contributed by atoms with Crippen LogP contribution >= 0.6 is 0 Å². The maximum atomic E-state index is 5.99. The lowest BCUT2D eigenvalue weighted by Crippen LogP contribution is -2.10. The van der Waals surface area contributed by atoms with Crippen LogP contribution in [0.15, 0.2) is 47.6 Å². The van der Waals surface area contributed by atoms with Crippen molar-refractivity contribution in [3.63, 3.8) is 0 Å². The molecule has 2 N–H and O–H groups in total. The van der Waals surface area contributed by atoms with Crippen molar-refractivity contribution in [2.45, 2.75) is 45.1 Å². The van der Waals surface area contributed by atoms with E-state index in [1.165, 1.54) is 18.4 Å². The van der Waals surface area contributed by atoms with Crippen molar-refractivity contribution in [3.8, 4) is 5.75 Å². The number of hydrazone groups is 1. The van der Waals surface area contributed by atoms with E-state index in [1.807, 2.05) is 24.3 Å². The van der Waals surface area contributed by atoms with Crippen LogP contribution in [0.3, 0.4) is 0 Å². The van der Waals surface area contributed by atoms with Crippen molar-refractivity contribution in [3.05, 3.63) is 53.6 Å². The van der Waals surface area contributed by atoms with E-state index >= 15 is 0 Å². The number of ether oxygens (including phenoxy) is 1. The highest BCUT2D eigenvalue weighted by Crippen LogP contribution is 2.25. The minimum Gasteiger partial charge on any atom is -0.490 e. The van der Waals surface area contributed by atoms with E-state index in [0.29, 0.717) is 17.7 Å². The predicted molar refractivity (Wildman–Crippen MR) is 119 cm³/mol. The SMILES string of the molecule is CCc1ccc2[nH]c3nc(NN=Cc4ccc(OC5CCCC5)cc4)nnc3c2c1. The highest BCUT2D eigenvalue weighted by atomic mass is 16.5. The molecule has 2 aromatic carbocycles. The second-order valence-electron chi connectivity index (χ2n) is 7.65. The first-order valence-corrected chi connectivity index (χ1v) is 10.5. The van der Waals surface area contributed by atoms with Gasteiger partial charge in [0, 0.05) is 10.9 Å². The van der Waals surface area contributed by atoms with Crippen LogP contribution in [0, 0.1) is 0 Å². The van der Waals surface area contributed by atoms with Gasteiger partial charge in [-0.1, -0.05) is 13.0 Å². The van der Waals surface area contributed by atoms with Gasteiger partial charge in [0.05, 0.1) is 12.3 Å². The van der Waals surface area contributed by atoms with Gasteiger partial charge in [-0.05, 0) is 79.6 Å². The van der Waals surface area contributed by atoms with Gasteiger partial charge in [-0.2, -0.15) is 10.1 Å². The number of aromatic amines is 1. The molecule has 1 aliphatic carbocycles. The molecule has 0 aliphatic heterocycles. The van der Waals surface area contributed by atoms with Gasteiger partial charge >= 0.3 is 0 Å². The zero-order chi connectivity index (χ0) is 20.3. The van der Waals surface area contributed by atoms with Crippen LogP contribution in [-0.2, 0) is 6.42 Å². The van der Waals surface area contributed by atoms with Gasteiger partial charge in [0.25, 0.3) is 5.95 Å². The molecule has 1 saturated carbocycles. The van der Waals surface area contributed by atoms with Crippen molar-refractivity contribution >= 4 is 34.2 Å². The lowest BCUT2D eigenvalue weighted by Gasteiger charge is -2.12. The van der Waals surface area contributed by atoms with Gasteiger partial charge in [0.1, 0.15) is 11.3 Å². The summed E-state index contributed by atoms with van der Waals surface area (Å²) in [5.74, 6) is 1.26. The van der Waals surface area contributed by atoms with Crippen molar-refractivity contribution < 1.29 is 4.74 Å². The van der Waals surface area contributed by atoms with Crippen LogP contribution < -0.4 is 10.2 Å². The molecule has 5 rings (SSSR count). The average Bonchev–Trinajstić information content (AvgIpc) is 3.41. The average molecular weight is 400 g/mol. The van der Waals surface area contributed by atoms with Crippen LogP contribution in [0.4, 0.5) is 5.95 Å². The molecule has 4 aromatic rings. The molecule has 0 atom stereocenters. The van der Waals surface area contributed by atoms with Gasteiger partial charge in [0.2, 0.25) is 0 Å². The molecule has 0 amide bonds. The van der Waals surface area contributed by atoms with E-state index in [-0.39, 0.29) is 0 Å². The summed E-state index contributed by atoms with van der Waals surface area (Å²) in [6.07, 6.45) is 7.91. The third kappa shape index (κ3) is 3.83. The lowest BCUT2D eigenvalue weighted by atomic mass is 10.1. The summed E-state index contributed by atoms with van der Waals surface area (Å²) in [7, 11) is 0. The molecule has 1 fully saturated rings. The minimum atomic E-state index is 0.349. The van der Waals surface area contributed by atoms with E-state index < -0.39 is 0 Å². The standard InChI is InChI=1S/C23H24N6O/c1-2-15-9-12-20-19(13-15)21-22(25-20)26-23(29-27-21)28-24-14-16-7-10-18(11-8-16)30-17-5-3-4-6-17/h7-14,17H,2-6H2,1H3,(H2,25,26,28,29). The fraction of sp³-hybridized carbons (Fsp3) is 0.304. The van der Waals surface area contributed by atoms with E-state index in [1.54, 1.807) is 6.21 Å². The second-order valence-corrected chi connectivity index (χ2v) is 7.65. The van der Waals surface area contributed by atoms with Crippen LogP contribution in [0.25, 0.3) is 22.1 Å². The molecule has 1 aliphatic rings. The molecular weight excluding hydrogens is 376 g/mol. The van der Waals surface area contributed by atoms with E-state index in [9.17, 15) is 0 Å². The third-order valence-corrected chi connectivity index (χ3v) is 5.55. The number of anilines is 1. The Balaban J connectivity index is 1.27. The summed E-state index contributed by atoms with van der Waals surface area (Å²) < 4.78 is 5.99. The molecule has 2 heterocycles. The maximum Gasteiger partial charge on any atom is 0.265 e. The van der Waals surface area contributed by atoms with Gasteiger partial charge in [-0.3, -0.25) is 0 Å². The number of nitrogens with one attached hydrogen (secondary N) is 2. The number of rotatable bonds is 6. The monoisotopic (exact) mass is 400 g/mol. The fourth-order valence-electron chi connectivity index (χ4n) is 3.88. The summed E-state index contributed by atoms with van der Waals surface area (Å²) in [5, 5.41) is 13.8. The zero-order valence-electron chi connectivity index (χ0n) is 16.9.